The van der Waals surface area contributed by atoms with Gasteiger partial charge in [-0.25, -0.2) is 0 Å². The molecule has 4 rings (SSSR count). The highest BCUT2D eigenvalue weighted by molar-refractivity contribution is 7.79. The zero-order valence-electron chi connectivity index (χ0n) is 18.2. The molecular weight excluding hydrogens is 400 g/mol. The first-order chi connectivity index (χ1) is 15.3. The van der Waals surface area contributed by atoms with Crippen LogP contribution >= 0.6 is 12.6 Å². The Morgan fingerprint density at radius 3 is 2.45 bits per heavy atom. The average Bonchev–Trinajstić information content (AvgIpc) is 2.84. The van der Waals surface area contributed by atoms with Crippen molar-refractivity contribution in [2.45, 2.75) is 37.9 Å². The summed E-state index contributed by atoms with van der Waals surface area (Å²) in [5.41, 5.74) is 4.25. The second kappa shape index (κ2) is 11.4. The van der Waals surface area contributed by atoms with E-state index >= 15 is 0 Å². The third-order valence-electron chi connectivity index (χ3n) is 6.02. The number of likely N-dealkylation sites (tertiary alicyclic amines) is 1. The van der Waals surface area contributed by atoms with E-state index < -0.39 is 0 Å². The lowest BCUT2D eigenvalue weighted by Crippen LogP contribution is -2.30. The van der Waals surface area contributed by atoms with Gasteiger partial charge < -0.3 is 9.74 Å². The highest BCUT2D eigenvalue weighted by Gasteiger charge is 2.12. The molecule has 0 bridgehead atoms. The number of benzene rings is 3. The Hall–Kier alpha value is -2.30. The fraction of sp³-hybridized carbons (Fsp3) is 0.370. The largest absolute Gasteiger partial charge is 0.395 e. The van der Waals surface area contributed by atoms with Crippen molar-refractivity contribution < 1.29 is 4.84 Å². The third kappa shape index (κ3) is 5.90. The molecule has 3 aromatic carbocycles. The number of thiol groups is 1. The van der Waals surface area contributed by atoms with Crippen molar-refractivity contribution in [3.05, 3.63) is 83.4 Å². The lowest BCUT2D eigenvalue weighted by molar-refractivity contribution is 0.134. The van der Waals surface area contributed by atoms with Crippen LogP contribution in [0.3, 0.4) is 0 Å². The predicted octanol–water partition coefficient (Wildman–Crippen LogP) is 6.30. The van der Waals surface area contributed by atoms with Gasteiger partial charge in [-0.15, -0.1) is 0 Å². The van der Waals surface area contributed by atoms with Crippen LogP contribution in [-0.4, -0.2) is 36.9 Å². The number of rotatable bonds is 9. The number of piperidine rings is 1. The fourth-order valence-corrected chi connectivity index (χ4v) is 4.46. The second-order valence-corrected chi connectivity index (χ2v) is 8.58. The summed E-state index contributed by atoms with van der Waals surface area (Å²) in [6.07, 6.45) is 6.28. The Kier molecular flexibility index (Phi) is 8.03. The normalized spacial score (nSPS) is 15.3. The van der Waals surface area contributed by atoms with Gasteiger partial charge >= 0.3 is 0 Å². The van der Waals surface area contributed by atoms with E-state index in [-0.39, 0.29) is 0 Å². The summed E-state index contributed by atoms with van der Waals surface area (Å²) in [6, 6.07) is 23.3. The van der Waals surface area contributed by atoms with Crippen molar-refractivity contribution in [1.82, 2.24) is 4.90 Å². The number of hydrogen-bond donors (Lipinski definition) is 1. The molecule has 1 aliphatic heterocycles. The highest BCUT2D eigenvalue weighted by Crippen LogP contribution is 2.23. The molecule has 31 heavy (non-hydrogen) atoms. The van der Waals surface area contributed by atoms with Crippen LogP contribution in [0.5, 0.6) is 0 Å². The molecule has 0 saturated carbocycles. The zero-order valence-corrected chi connectivity index (χ0v) is 19.1. The Bertz CT molecular complexity index is 988. The van der Waals surface area contributed by atoms with E-state index in [2.05, 4.69) is 89.4 Å². The van der Waals surface area contributed by atoms with Crippen LogP contribution in [0.2, 0.25) is 0 Å². The number of fused-ring (bicyclic) bond motifs is 1. The van der Waals surface area contributed by atoms with Crippen molar-refractivity contribution in [1.29, 1.82) is 0 Å². The number of unbranched alkanes of at least 4 members (excludes halogenated alkanes) is 1. The van der Waals surface area contributed by atoms with Gasteiger partial charge in [0, 0.05) is 16.9 Å². The average molecular weight is 433 g/mol. The molecule has 1 heterocycles. The minimum absolute atomic E-state index is 0.650. The van der Waals surface area contributed by atoms with Gasteiger partial charge in [0.25, 0.3) is 0 Å². The summed E-state index contributed by atoms with van der Waals surface area (Å²) in [5.74, 6) is 0.731. The lowest BCUT2D eigenvalue weighted by Gasteiger charge is -2.26. The Balaban J connectivity index is 1.48. The van der Waals surface area contributed by atoms with Crippen LogP contribution in [-0.2, 0) is 10.6 Å². The van der Waals surface area contributed by atoms with E-state index in [1.54, 1.807) is 0 Å². The van der Waals surface area contributed by atoms with Gasteiger partial charge in [-0.2, -0.15) is 12.6 Å². The predicted molar refractivity (Wildman–Crippen MR) is 134 cm³/mol. The van der Waals surface area contributed by atoms with Gasteiger partial charge in [-0.1, -0.05) is 78.3 Å². The fourth-order valence-electron chi connectivity index (χ4n) is 4.25. The van der Waals surface area contributed by atoms with Gasteiger partial charge in [0.05, 0.1) is 0 Å². The van der Waals surface area contributed by atoms with Gasteiger partial charge in [-0.3, -0.25) is 0 Å². The van der Waals surface area contributed by atoms with Crippen LogP contribution in [0.4, 0.5) is 0 Å². The van der Waals surface area contributed by atoms with Crippen LogP contribution in [0, 0.1) is 0 Å². The molecule has 4 heteroatoms. The van der Waals surface area contributed by atoms with Crippen LogP contribution < -0.4 is 0 Å². The molecular formula is C27H32N2OS. The first-order valence-electron chi connectivity index (χ1n) is 11.5. The molecule has 0 unspecified atom stereocenters. The maximum absolute atomic E-state index is 5.85. The van der Waals surface area contributed by atoms with Crippen molar-refractivity contribution in [3.63, 3.8) is 0 Å². The summed E-state index contributed by atoms with van der Waals surface area (Å²) >= 11 is 4.38. The Labute approximate surface area is 191 Å². The van der Waals surface area contributed by atoms with Crippen LogP contribution in [0.1, 0.15) is 48.8 Å². The first-order valence-corrected chi connectivity index (χ1v) is 12.1. The Morgan fingerprint density at radius 1 is 0.871 bits per heavy atom. The summed E-state index contributed by atoms with van der Waals surface area (Å²) in [7, 11) is 0. The second-order valence-electron chi connectivity index (χ2n) is 8.26. The van der Waals surface area contributed by atoms with E-state index in [0.717, 1.165) is 35.4 Å². The molecule has 0 spiro atoms. The zero-order chi connectivity index (χ0) is 21.3. The molecule has 0 aromatic heterocycles. The van der Waals surface area contributed by atoms with Gasteiger partial charge in [-0.05, 0) is 61.7 Å². The quantitative estimate of drug-likeness (QED) is 0.186. The molecule has 162 valence electrons. The number of oxime groups is 1. The molecule has 0 atom stereocenters. The molecule has 1 saturated heterocycles. The highest BCUT2D eigenvalue weighted by atomic mass is 32.1. The molecule has 1 fully saturated rings. The summed E-state index contributed by atoms with van der Waals surface area (Å²) < 4.78 is 0. The topological polar surface area (TPSA) is 24.8 Å². The number of hydrogen-bond acceptors (Lipinski definition) is 4. The standard InChI is InChI=1S/C27H32N2OS/c31-21-22-13-15-24(16-14-22)27(26-12-8-10-23-9-2-3-11-25(23)26)28-30-20-7-6-19-29-17-4-1-5-18-29/h2-3,8-16,31H,1,4-7,17-21H2/b28-27-. The molecule has 0 radical (unpaired) electrons. The SMILES string of the molecule is SCc1ccc(/C(=N/OCCCCN2CCCCC2)c2cccc3ccccc23)cc1. The van der Waals surface area contributed by atoms with Crippen molar-refractivity contribution in [2.24, 2.45) is 5.16 Å². The summed E-state index contributed by atoms with van der Waals surface area (Å²) in [4.78, 5) is 8.43. The first kappa shape index (κ1) is 21.9. The summed E-state index contributed by atoms with van der Waals surface area (Å²) in [5, 5.41) is 7.04. The van der Waals surface area contributed by atoms with Gasteiger partial charge in [0.15, 0.2) is 0 Å². The molecule has 1 aliphatic rings. The van der Waals surface area contributed by atoms with Crippen molar-refractivity contribution >= 4 is 29.1 Å². The molecule has 0 aliphatic carbocycles. The summed E-state index contributed by atoms with van der Waals surface area (Å²) in [6.45, 7) is 4.34. The molecule has 3 aromatic rings. The van der Waals surface area contributed by atoms with E-state index in [0.29, 0.717) is 6.61 Å². The van der Waals surface area contributed by atoms with Crippen molar-refractivity contribution in [2.75, 3.05) is 26.2 Å². The monoisotopic (exact) mass is 432 g/mol. The Morgan fingerprint density at radius 2 is 1.65 bits per heavy atom. The molecule has 0 N–H and O–H groups in total. The lowest BCUT2D eigenvalue weighted by atomic mass is 9.96. The van der Waals surface area contributed by atoms with E-state index in [9.17, 15) is 0 Å². The van der Waals surface area contributed by atoms with Crippen LogP contribution in [0.15, 0.2) is 71.9 Å². The smallest absolute Gasteiger partial charge is 0.117 e. The van der Waals surface area contributed by atoms with Gasteiger partial charge in [0.2, 0.25) is 0 Å². The minimum Gasteiger partial charge on any atom is -0.395 e. The maximum atomic E-state index is 5.85. The maximum Gasteiger partial charge on any atom is 0.117 e. The van der Waals surface area contributed by atoms with Gasteiger partial charge in [0.1, 0.15) is 12.3 Å². The van der Waals surface area contributed by atoms with E-state index in [1.165, 1.54) is 55.2 Å². The van der Waals surface area contributed by atoms with E-state index in [4.69, 9.17) is 4.84 Å². The third-order valence-corrected chi connectivity index (χ3v) is 6.38. The molecule has 0 amide bonds. The molecule has 3 nitrogen and oxygen atoms in total. The van der Waals surface area contributed by atoms with Crippen LogP contribution in [0.25, 0.3) is 10.8 Å². The number of nitrogens with zero attached hydrogens (tertiary/aromatic N) is 2. The minimum atomic E-state index is 0.650. The van der Waals surface area contributed by atoms with Crippen molar-refractivity contribution in [3.8, 4) is 0 Å². The van der Waals surface area contributed by atoms with E-state index in [1.807, 2.05) is 0 Å².